The fraction of sp³-hybridized carbons (Fsp3) is 0.500. The number of hydrogen-bond acceptors (Lipinski definition) is 2. The molecule has 2 rings (SSSR count). The molecule has 2 heteroatoms. The Balaban J connectivity index is 2.45. The smallest absolute Gasteiger partial charge is 0.0456 e. The Hall–Kier alpha value is -0.340. The Morgan fingerprint density at radius 1 is 0.786 bits per heavy atom. The Morgan fingerprint density at radius 2 is 1.14 bits per heavy atom. The molecule has 0 N–H and O–H groups in total. The minimum atomic E-state index is 0.669. The van der Waals surface area contributed by atoms with Crippen molar-refractivity contribution in [1.82, 2.24) is 0 Å². The molecular formula is C12H16S2. The molecule has 0 radical (unpaired) electrons. The van der Waals surface area contributed by atoms with E-state index < -0.39 is 0 Å². The van der Waals surface area contributed by atoms with E-state index in [1.165, 1.54) is 19.2 Å². The summed E-state index contributed by atoms with van der Waals surface area (Å²) in [6.07, 6.45) is 0. The second-order valence-electron chi connectivity index (χ2n) is 4.34. The number of hydrogen-bond donors (Lipinski definition) is 0. The highest BCUT2D eigenvalue weighted by molar-refractivity contribution is 7.27. The van der Waals surface area contributed by atoms with Gasteiger partial charge in [0.2, 0.25) is 0 Å². The number of thiophene rings is 2. The van der Waals surface area contributed by atoms with Gasteiger partial charge >= 0.3 is 0 Å². The lowest BCUT2D eigenvalue weighted by molar-refractivity contribution is 0.889. The Bertz CT molecular complexity index is 363. The Morgan fingerprint density at radius 3 is 1.43 bits per heavy atom. The average Bonchev–Trinajstić information content (AvgIpc) is 2.57. The van der Waals surface area contributed by atoms with E-state index in [1.807, 2.05) is 22.7 Å². The summed E-state index contributed by atoms with van der Waals surface area (Å²) in [6.45, 7) is 9.05. The van der Waals surface area contributed by atoms with Crippen LogP contribution in [0, 0.1) is 0 Å². The first-order chi connectivity index (χ1) is 6.58. The molecule has 14 heavy (non-hydrogen) atoms. The van der Waals surface area contributed by atoms with Gasteiger partial charge in [0.05, 0.1) is 0 Å². The highest BCUT2D eigenvalue weighted by Gasteiger charge is 2.10. The van der Waals surface area contributed by atoms with Crippen molar-refractivity contribution >= 4 is 32.1 Å². The van der Waals surface area contributed by atoms with Gasteiger partial charge in [0.25, 0.3) is 0 Å². The van der Waals surface area contributed by atoms with Crippen LogP contribution in [0.15, 0.2) is 12.1 Å². The molecule has 0 fully saturated rings. The van der Waals surface area contributed by atoms with Crippen molar-refractivity contribution in [2.75, 3.05) is 0 Å². The molecular weight excluding hydrogens is 208 g/mol. The van der Waals surface area contributed by atoms with E-state index in [9.17, 15) is 0 Å². The van der Waals surface area contributed by atoms with E-state index in [0.29, 0.717) is 11.8 Å². The van der Waals surface area contributed by atoms with Crippen molar-refractivity contribution < 1.29 is 0 Å². The predicted octanol–water partition coefficient (Wildman–Crippen LogP) is 5.21. The molecule has 0 aromatic carbocycles. The summed E-state index contributed by atoms with van der Waals surface area (Å²) in [5.41, 5.74) is 0. The molecule has 0 aliphatic heterocycles. The van der Waals surface area contributed by atoms with Crippen LogP contribution in [0.1, 0.15) is 49.3 Å². The summed E-state index contributed by atoms with van der Waals surface area (Å²) in [5, 5.41) is 0. The summed E-state index contributed by atoms with van der Waals surface area (Å²) >= 11 is 3.91. The van der Waals surface area contributed by atoms with E-state index >= 15 is 0 Å². The lowest BCUT2D eigenvalue weighted by Gasteiger charge is -1.99. The second kappa shape index (κ2) is 3.67. The molecule has 0 spiro atoms. The molecule has 0 atom stereocenters. The first kappa shape index (κ1) is 10.2. The Kier molecular flexibility index (Phi) is 2.67. The maximum atomic E-state index is 2.36. The van der Waals surface area contributed by atoms with E-state index in [-0.39, 0.29) is 0 Å². The molecule has 0 amide bonds. The highest BCUT2D eigenvalue weighted by Crippen LogP contribution is 2.38. The zero-order chi connectivity index (χ0) is 10.3. The number of rotatable bonds is 2. The summed E-state index contributed by atoms with van der Waals surface area (Å²) in [7, 11) is 0. The standard InChI is InChI=1S/C12H16S2/c1-7(2)9-5-11-12(13-9)6-10(14-11)8(3)4/h5-8H,1-4H3. The molecule has 0 unspecified atom stereocenters. The van der Waals surface area contributed by atoms with Gasteiger partial charge in [-0.25, -0.2) is 0 Å². The second-order valence-corrected chi connectivity index (χ2v) is 6.57. The molecule has 0 saturated carbocycles. The predicted molar refractivity (Wildman–Crippen MR) is 67.9 cm³/mol. The molecule has 2 aromatic rings. The molecule has 76 valence electrons. The normalized spacial score (nSPS) is 12.1. The van der Waals surface area contributed by atoms with Crippen LogP contribution in [-0.2, 0) is 0 Å². The molecule has 0 bridgehead atoms. The molecule has 0 saturated heterocycles. The van der Waals surface area contributed by atoms with Gasteiger partial charge < -0.3 is 0 Å². The van der Waals surface area contributed by atoms with Crippen molar-refractivity contribution in [3.05, 3.63) is 21.9 Å². The van der Waals surface area contributed by atoms with Crippen molar-refractivity contribution in [2.24, 2.45) is 0 Å². The van der Waals surface area contributed by atoms with Crippen molar-refractivity contribution in [2.45, 2.75) is 39.5 Å². The van der Waals surface area contributed by atoms with E-state index in [4.69, 9.17) is 0 Å². The third kappa shape index (κ3) is 1.73. The van der Waals surface area contributed by atoms with Crippen LogP contribution in [0.4, 0.5) is 0 Å². The van der Waals surface area contributed by atoms with Crippen LogP contribution in [-0.4, -0.2) is 0 Å². The van der Waals surface area contributed by atoms with Gasteiger partial charge in [0.15, 0.2) is 0 Å². The molecule has 2 aromatic heterocycles. The zero-order valence-electron chi connectivity index (χ0n) is 9.13. The third-order valence-electron chi connectivity index (χ3n) is 2.38. The first-order valence-electron chi connectivity index (χ1n) is 5.11. The first-order valence-corrected chi connectivity index (χ1v) is 6.74. The minimum absolute atomic E-state index is 0.669. The van der Waals surface area contributed by atoms with Gasteiger partial charge in [0, 0.05) is 19.2 Å². The average molecular weight is 224 g/mol. The number of fused-ring (bicyclic) bond motifs is 1. The summed E-state index contributed by atoms with van der Waals surface area (Å²) in [6, 6.07) is 4.72. The van der Waals surface area contributed by atoms with Crippen LogP contribution in [0.25, 0.3) is 9.40 Å². The quantitative estimate of drug-likeness (QED) is 0.657. The van der Waals surface area contributed by atoms with Gasteiger partial charge in [-0.1, -0.05) is 27.7 Å². The fourth-order valence-corrected chi connectivity index (χ4v) is 3.86. The molecule has 2 heterocycles. The van der Waals surface area contributed by atoms with Gasteiger partial charge in [0.1, 0.15) is 0 Å². The van der Waals surface area contributed by atoms with Crippen molar-refractivity contribution in [3.8, 4) is 0 Å². The Labute approximate surface area is 93.6 Å². The van der Waals surface area contributed by atoms with Crippen molar-refractivity contribution in [1.29, 1.82) is 0 Å². The lowest BCUT2D eigenvalue weighted by atomic mass is 10.2. The summed E-state index contributed by atoms with van der Waals surface area (Å²) < 4.78 is 2.95. The molecule has 0 aliphatic rings. The molecule has 0 nitrogen and oxygen atoms in total. The van der Waals surface area contributed by atoms with Gasteiger partial charge in [-0.15, -0.1) is 22.7 Å². The fourth-order valence-electron chi connectivity index (χ4n) is 1.44. The van der Waals surface area contributed by atoms with E-state index in [2.05, 4.69) is 39.8 Å². The van der Waals surface area contributed by atoms with Crippen molar-refractivity contribution in [3.63, 3.8) is 0 Å². The van der Waals surface area contributed by atoms with Gasteiger partial charge in [-0.2, -0.15) is 0 Å². The summed E-state index contributed by atoms with van der Waals surface area (Å²) in [4.78, 5) is 3.03. The highest BCUT2D eigenvalue weighted by atomic mass is 32.1. The van der Waals surface area contributed by atoms with Crippen LogP contribution in [0.2, 0.25) is 0 Å². The topological polar surface area (TPSA) is 0 Å². The van der Waals surface area contributed by atoms with Gasteiger partial charge in [-0.3, -0.25) is 0 Å². The molecule has 0 aliphatic carbocycles. The SMILES string of the molecule is CC(C)c1cc2sc(C(C)C)cc2s1. The maximum Gasteiger partial charge on any atom is 0.0456 e. The largest absolute Gasteiger partial charge is 0.139 e. The van der Waals surface area contributed by atoms with E-state index in [1.54, 1.807) is 0 Å². The third-order valence-corrected chi connectivity index (χ3v) is 5.28. The summed E-state index contributed by atoms with van der Waals surface area (Å²) in [5.74, 6) is 1.34. The van der Waals surface area contributed by atoms with Crippen LogP contribution >= 0.6 is 22.7 Å². The maximum absolute atomic E-state index is 2.36. The van der Waals surface area contributed by atoms with Crippen LogP contribution in [0.3, 0.4) is 0 Å². The van der Waals surface area contributed by atoms with E-state index in [0.717, 1.165) is 0 Å². The van der Waals surface area contributed by atoms with Crippen LogP contribution < -0.4 is 0 Å². The minimum Gasteiger partial charge on any atom is -0.139 e. The lowest BCUT2D eigenvalue weighted by Crippen LogP contribution is -1.79. The monoisotopic (exact) mass is 224 g/mol. The zero-order valence-corrected chi connectivity index (χ0v) is 10.8. The van der Waals surface area contributed by atoms with Gasteiger partial charge in [-0.05, 0) is 24.0 Å². The van der Waals surface area contributed by atoms with Crippen LogP contribution in [0.5, 0.6) is 0 Å².